The van der Waals surface area contributed by atoms with E-state index in [0.29, 0.717) is 5.92 Å². The summed E-state index contributed by atoms with van der Waals surface area (Å²) in [5.41, 5.74) is 3.61. The van der Waals surface area contributed by atoms with Crippen molar-refractivity contribution < 1.29 is 0 Å². The van der Waals surface area contributed by atoms with Gasteiger partial charge in [0, 0.05) is 11.5 Å². The van der Waals surface area contributed by atoms with E-state index in [1.807, 2.05) is 6.07 Å². The molecule has 0 aliphatic carbocycles. The Morgan fingerprint density at radius 1 is 0.944 bits per heavy atom. The Labute approximate surface area is 111 Å². The lowest BCUT2D eigenvalue weighted by atomic mass is 10.0. The monoisotopic (exact) mass is 253 g/mol. The summed E-state index contributed by atoms with van der Waals surface area (Å²) in [6.45, 7) is 4.39. The fourth-order valence-electron chi connectivity index (χ4n) is 2.06. The molecule has 0 amide bonds. The van der Waals surface area contributed by atoms with Crippen LogP contribution in [0.3, 0.4) is 0 Å². The SMILES string of the molecule is CC(C)c1nc2c(-c3ccccc3)cccc2s1. The predicted molar refractivity (Wildman–Crippen MR) is 79.1 cm³/mol. The number of thiazole rings is 1. The molecule has 1 nitrogen and oxygen atoms in total. The minimum absolute atomic E-state index is 0.492. The van der Waals surface area contributed by atoms with Gasteiger partial charge in [-0.25, -0.2) is 4.98 Å². The van der Waals surface area contributed by atoms with Crippen LogP contribution in [-0.2, 0) is 0 Å². The molecule has 0 saturated carbocycles. The van der Waals surface area contributed by atoms with Gasteiger partial charge in [0.25, 0.3) is 0 Å². The zero-order valence-electron chi connectivity index (χ0n) is 10.6. The summed E-state index contributed by atoms with van der Waals surface area (Å²) in [7, 11) is 0. The van der Waals surface area contributed by atoms with Crippen molar-refractivity contribution in [2.45, 2.75) is 19.8 Å². The van der Waals surface area contributed by atoms with Crippen molar-refractivity contribution in [3.8, 4) is 11.1 Å². The molecule has 3 rings (SSSR count). The Balaban J connectivity index is 2.24. The van der Waals surface area contributed by atoms with Crippen molar-refractivity contribution >= 4 is 21.6 Å². The van der Waals surface area contributed by atoms with E-state index in [-0.39, 0.29) is 0 Å². The first kappa shape index (κ1) is 11.4. The highest BCUT2D eigenvalue weighted by Gasteiger charge is 2.11. The van der Waals surface area contributed by atoms with Crippen LogP contribution in [0.25, 0.3) is 21.3 Å². The molecule has 0 unspecified atom stereocenters. The Bertz CT molecular complexity index is 668. The van der Waals surface area contributed by atoms with Crippen LogP contribution in [0.5, 0.6) is 0 Å². The number of para-hydroxylation sites is 1. The first-order valence-corrected chi connectivity index (χ1v) is 7.02. The molecule has 1 heterocycles. The number of rotatable bonds is 2. The Morgan fingerprint density at radius 3 is 2.44 bits per heavy atom. The lowest BCUT2D eigenvalue weighted by molar-refractivity contribution is 0.857. The number of benzene rings is 2. The Kier molecular flexibility index (Phi) is 2.88. The van der Waals surface area contributed by atoms with E-state index < -0.39 is 0 Å². The molecule has 1 aromatic heterocycles. The van der Waals surface area contributed by atoms with Crippen LogP contribution in [0.2, 0.25) is 0 Å². The van der Waals surface area contributed by atoms with E-state index in [9.17, 15) is 0 Å². The van der Waals surface area contributed by atoms with Gasteiger partial charge in [0.1, 0.15) is 0 Å². The summed E-state index contributed by atoms with van der Waals surface area (Å²) in [5.74, 6) is 0.492. The minimum Gasteiger partial charge on any atom is -0.240 e. The van der Waals surface area contributed by atoms with Gasteiger partial charge >= 0.3 is 0 Å². The standard InChI is InChI=1S/C16H15NS/c1-11(2)16-17-15-13(9-6-10-14(15)18-16)12-7-4-3-5-8-12/h3-11H,1-2H3. The Morgan fingerprint density at radius 2 is 1.72 bits per heavy atom. The lowest BCUT2D eigenvalue weighted by Gasteiger charge is -2.01. The maximum atomic E-state index is 4.81. The van der Waals surface area contributed by atoms with Crippen molar-refractivity contribution in [1.29, 1.82) is 0 Å². The second kappa shape index (κ2) is 4.54. The third-order valence-corrected chi connectivity index (χ3v) is 4.34. The second-order valence-electron chi connectivity index (χ2n) is 4.73. The number of aromatic nitrogens is 1. The molecule has 0 N–H and O–H groups in total. The molecule has 0 bridgehead atoms. The Hall–Kier alpha value is -1.67. The van der Waals surface area contributed by atoms with Gasteiger partial charge in [-0.15, -0.1) is 11.3 Å². The summed E-state index contributed by atoms with van der Waals surface area (Å²) in [6.07, 6.45) is 0. The maximum Gasteiger partial charge on any atom is 0.0964 e. The maximum absolute atomic E-state index is 4.81. The van der Waals surface area contributed by atoms with Gasteiger partial charge in [0.05, 0.1) is 15.2 Å². The largest absolute Gasteiger partial charge is 0.240 e. The van der Waals surface area contributed by atoms with E-state index in [1.54, 1.807) is 11.3 Å². The fourth-order valence-corrected chi connectivity index (χ4v) is 3.06. The molecule has 0 saturated heterocycles. The van der Waals surface area contributed by atoms with Gasteiger partial charge < -0.3 is 0 Å². The summed E-state index contributed by atoms with van der Waals surface area (Å²) in [4.78, 5) is 4.81. The van der Waals surface area contributed by atoms with Gasteiger partial charge in [-0.2, -0.15) is 0 Å². The van der Waals surface area contributed by atoms with Crippen LogP contribution in [0.4, 0.5) is 0 Å². The molecular weight excluding hydrogens is 238 g/mol. The quantitative estimate of drug-likeness (QED) is 0.620. The minimum atomic E-state index is 0.492. The van der Waals surface area contributed by atoms with Gasteiger partial charge in [-0.1, -0.05) is 56.3 Å². The van der Waals surface area contributed by atoms with Gasteiger partial charge in [0.15, 0.2) is 0 Å². The summed E-state index contributed by atoms with van der Waals surface area (Å²) >= 11 is 1.80. The zero-order chi connectivity index (χ0) is 12.5. The highest BCUT2D eigenvalue weighted by atomic mass is 32.1. The molecule has 0 aliphatic heterocycles. The smallest absolute Gasteiger partial charge is 0.0964 e. The van der Waals surface area contributed by atoms with Crippen LogP contribution < -0.4 is 0 Å². The van der Waals surface area contributed by atoms with Crippen LogP contribution in [0.1, 0.15) is 24.8 Å². The van der Waals surface area contributed by atoms with Gasteiger partial charge in [-0.05, 0) is 11.6 Å². The lowest BCUT2D eigenvalue weighted by Crippen LogP contribution is -1.84. The van der Waals surface area contributed by atoms with Crippen LogP contribution in [-0.4, -0.2) is 4.98 Å². The molecule has 0 spiro atoms. The van der Waals surface area contributed by atoms with Crippen molar-refractivity contribution in [3.05, 3.63) is 53.5 Å². The van der Waals surface area contributed by atoms with Crippen LogP contribution in [0, 0.1) is 0 Å². The van der Waals surface area contributed by atoms with Crippen molar-refractivity contribution in [2.75, 3.05) is 0 Å². The number of nitrogens with zero attached hydrogens (tertiary/aromatic N) is 1. The number of fused-ring (bicyclic) bond motifs is 1. The van der Waals surface area contributed by atoms with Gasteiger partial charge in [-0.3, -0.25) is 0 Å². The first-order chi connectivity index (χ1) is 8.75. The molecule has 2 aromatic carbocycles. The third kappa shape index (κ3) is 1.93. The summed E-state index contributed by atoms with van der Waals surface area (Å²) in [6, 6.07) is 16.9. The van der Waals surface area contributed by atoms with E-state index in [0.717, 1.165) is 5.52 Å². The summed E-state index contributed by atoms with van der Waals surface area (Å²) in [5, 5.41) is 1.22. The van der Waals surface area contributed by atoms with Crippen LogP contribution >= 0.6 is 11.3 Å². The molecule has 0 atom stereocenters. The molecule has 0 aliphatic rings. The average Bonchev–Trinajstić information content (AvgIpc) is 2.83. The van der Waals surface area contributed by atoms with Crippen molar-refractivity contribution in [3.63, 3.8) is 0 Å². The molecule has 0 radical (unpaired) electrons. The first-order valence-electron chi connectivity index (χ1n) is 6.20. The molecule has 90 valence electrons. The van der Waals surface area contributed by atoms with Crippen molar-refractivity contribution in [1.82, 2.24) is 4.98 Å². The molecular formula is C16H15NS. The highest BCUT2D eigenvalue weighted by Crippen LogP contribution is 2.33. The average molecular weight is 253 g/mol. The van der Waals surface area contributed by atoms with E-state index in [1.165, 1.54) is 20.8 Å². The van der Waals surface area contributed by atoms with Crippen molar-refractivity contribution in [2.24, 2.45) is 0 Å². The number of hydrogen-bond acceptors (Lipinski definition) is 2. The normalized spacial score (nSPS) is 11.3. The molecule has 2 heteroatoms. The zero-order valence-corrected chi connectivity index (χ0v) is 11.4. The highest BCUT2D eigenvalue weighted by molar-refractivity contribution is 7.18. The van der Waals surface area contributed by atoms with E-state index in [4.69, 9.17) is 4.98 Å². The second-order valence-corrected chi connectivity index (χ2v) is 5.79. The third-order valence-electron chi connectivity index (χ3n) is 3.01. The van der Waals surface area contributed by atoms with Gasteiger partial charge in [0.2, 0.25) is 0 Å². The molecule has 0 fully saturated rings. The molecule has 18 heavy (non-hydrogen) atoms. The topological polar surface area (TPSA) is 12.9 Å². The van der Waals surface area contributed by atoms with E-state index in [2.05, 4.69) is 56.3 Å². The number of hydrogen-bond donors (Lipinski definition) is 0. The van der Waals surface area contributed by atoms with E-state index >= 15 is 0 Å². The predicted octanol–water partition coefficient (Wildman–Crippen LogP) is 5.09. The molecule has 3 aromatic rings. The van der Waals surface area contributed by atoms with Crippen LogP contribution in [0.15, 0.2) is 48.5 Å². The fraction of sp³-hybridized carbons (Fsp3) is 0.188. The summed E-state index contributed by atoms with van der Waals surface area (Å²) < 4.78 is 1.28.